The summed E-state index contributed by atoms with van der Waals surface area (Å²) in [6.45, 7) is 3.80. The molecule has 5 aromatic rings. The Bertz CT molecular complexity index is 1630. The second-order valence-corrected chi connectivity index (χ2v) is 9.22. The highest BCUT2D eigenvalue weighted by Gasteiger charge is 2.14. The third-order valence-electron chi connectivity index (χ3n) is 5.69. The van der Waals surface area contributed by atoms with Crippen molar-refractivity contribution in [1.82, 2.24) is 10.3 Å². The molecule has 0 saturated carbocycles. The summed E-state index contributed by atoms with van der Waals surface area (Å²) >= 11 is 11.7. The number of hydrogen-bond acceptors (Lipinski definition) is 5. The highest BCUT2D eigenvalue weighted by atomic mass is 35.5. The van der Waals surface area contributed by atoms with Crippen LogP contribution in [0, 0.1) is 13.8 Å². The lowest BCUT2D eigenvalue weighted by atomic mass is 10.0. The van der Waals surface area contributed by atoms with E-state index >= 15 is 0 Å². The van der Waals surface area contributed by atoms with Crippen molar-refractivity contribution in [1.29, 1.82) is 0 Å². The minimum Gasteiger partial charge on any atom is -0.483 e. The van der Waals surface area contributed by atoms with E-state index in [0.717, 1.165) is 27.5 Å². The molecule has 1 heterocycles. The van der Waals surface area contributed by atoms with E-state index < -0.39 is 0 Å². The van der Waals surface area contributed by atoms with Gasteiger partial charge in [-0.15, -0.1) is 0 Å². The first kappa shape index (κ1) is 23.8. The summed E-state index contributed by atoms with van der Waals surface area (Å²) in [7, 11) is 0. The van der Waals surface area contributed by atoms with Gasteiger partial charge >= 0.3 is 0 Å². The third-order valence-corrected chi connectivity index (χ3v) is 6.22. The Morgan fingerprint density at radius 2 is 1.83 bits per heavy atom. The number of halogens is 1. The lowest BCUT2D eigenvalue weighted by Crippen LogP contribution is -2.37. The van der Waals surface area contributed by atoms with Gasteiger partial charge in [0.1, 0.15) is 11.3 Å². The number of anilines is 1. The number of oxazole rings is 1. The zero-order valence-electron chi connectivity index (χ0n) is 19.6. The van der Waals surface area contributed by atoms with Gasteiger partial charge in [0.15, 0.2) is 17.3 Å². The van der Waals surface area contributed by atoms with E-state index in [-0.39, 0.29) is 17.6 Å². The number of aryl methyl sites for hydroxylation is 2. The number of hydrogen-bond donors (Lipinski definition) is 2. The summed E-state index contributed by atoms with van der Waals surface area (Å²) in [6.07, 6.45) is 0. The third kappa shape index (κ3) is 5.03. The lowest BCUT2D eigenvalue weighted by molar-refractivity contribution is -0.121. The SMILES string of the molecule is Cc1ccc(OCC(=O)NC(=S)Nc2ccc3oc(-c4cccc5c(Cl)cccc45)nc3c2)c(C)c1. The first-order chi connectivity index (χ1) is 17.4. The van der Waals surface area contributed by atoms with Gasteiger partial charge in [0.2, 0.25) is 5.89 Å². The molecule has 0 atom stereocenters. The van der Waals surface area contributed by atoms with Crippen LogP contribution in [0.3, 0.4) is 0 Å². The number of carbonyl (C=O) groups excluding carboxylic acids is 1. The van der Waals surface area contributed by atoms with Crippen LogP contribution in [0.25, 0.3) is 33.3 Å². The van der Waals surface area contributed by atoms with Crippen LogP contribution in [-0.4, -0.2) is 22.6 Å². The monoisotopic (exact) mass is 515 g/mol. The molecule has 180 valence electrons. The molecule has 5 rings (SSSR count). The van der Waals surface area contributed by atoms with Crippen LogP contribution in [0.1, 0.15) is 11.1 Å². The fourth-order valence-corrected chi connectivity index (χ4v) is 4.48. The maximum Gasteiger partial charge on any atom is 0.264 e. The van der Waals surface area contributed by atoms with Crippen molar-refractivity contribution in [3.63, 3.8) is 0 Å². The second-order valence-electron chi connectivity index (χ2n) is 8.40. The molecule has 0 spiro atoms. The molecule has 0 aliphatic rings. The number of rotatable bonds is 5. The van der Waals surface area contributed by atoms with Crippen molar-refractivity contribution in [2.45, 2.75) is 13.8 Å². The van der Waals surface area contributed by atoms with Gasteiger partial charge in [-0.25, -0.2) is 4.98 Å². The molecule has 6 nitrogen and oxygen atoms in total. The van der Waals surface area contributed by atoms with Crippen LogP contribution >= 0.6 is 23.8 Å². The Kier molecular flexibility index (Phi) is 6.59. The Morgan fingerprint density at radius 1 is 1.03 bits per heavy atom. The van der Waals surface area contributed by atoms with Crippen LogP contribution in [0.2, 0.25) is 5.02 Å². The first-order valence-corrected chi connectivity index (χ1v) is 12.0. The molecule has 0 fully saturated rings. The average molecular weight is 516 g/mol. The van der Waals surface area contributed by atoms with Crippen molar-refractivity contribution in [2.24, 2.45) is 0 Å². The fraction of sp³-hybridized carbons (Fsp3) is 0.107. The normalized spacial score (nSPS) is 11.0. The summed E-state index contributed by atoms with van der Waals surface area (Å²) in [5, 5.41) is 8.38. The molecule has 0 saturated heterocycles. The predicted octanol–water partition coefficient (Wildman–Crippen LogP) is 6.81. The minimum absolute atomic E-state index is 0.146. The molecule has 0 unspecified atom stereocenters. The molecular formula is C28H22ClN3O3S. The Balaban J connectivity index is 1.27. The molecule has 8 heteroatoms. The molecule has 1 amide bonds. The van der Waals surface area contributed by atoms with E-state index in [9.17, 15) is 4.79 Å². The number of fused-ring (bicyclic) bond motifs is 2. The highest BCUT2D eigenvalue weighted by Crippen LogP contribution is 2.34. The van der Waals surface area contributed by atoms with Crippen molar-refractivity contribution < 1.29 is 13.9 Å². The van der Waals surface area contributed by atoms with Gasteiger partial charge in [-0.2, -0.15) is 0 Å². The molecule has 2 N–H and O–H groups in total. The summed E-state index contributed by atoms with van der Waals surface area (Å²) in [4.78, 5) is 17.0. The topological polar surface area (TPSA) is 76.4 Å². The number of carbonyl (C=O) groups is 1. The standard InChI is InChI=1S/C28H22ClN3O3S/c1-16-9-11-24(17(2)13-16)34-15-26(33)32-28(36)30-18-10-12-25-23(14-18)31-27(35-25)21-7-3-6-20-19(21)5-4-8-22(20)29/h3-14H,15H2,1-2H3,(H2,30,32,33,36). The average Bonchev–Trinajstić information content (AvgIpc) is 3.26. The van der Waals surface area contributed by atoms with Crippen LogP contribution in [0.4, 0.5) is 5.69 Å². The van der Waals surface area contributed by atoms with Crippen LogP contribution < -0.4 is 15.4 Å². The maximum atomic E-state index is 12.3. The quantitative estimate of drug-likeness (QED) is 0.250. The van der Waals surface area contributed by atoms with Gasteiger partial charge in [0.25, 0.3) is 5.91 Å². The minimum atomic E-state index is -0.355. The Labute approximate surface area is 218 Å². The van der Waals surface area contributed by atoms with Gasteiger partial charge in [0.05, 0.1) is 0 Å². The highest BCUT2D eigenvalue weighted by molar-refractivity contribution is 7.80. The molecule has 0 radical (unpaired) electrons. The summed E-state index contributed by atoms with van der Waals surface area (Å²) in [6, 6.07) is 22.8. The van der Waals surface area contributed by atoms with E-state index in [1.165, 1.54) is 0 Å². The van der Waals surface area contributed by atoms with Gasteiger partial charge in [0, 0.05) is 21.7 Å². The number of aromatic nitrogens is 1. The largest absolute Gasteiger partial charge is 0.483 e. The van der Waals surface area contributed by atoms with Crippen LogP contribution in [0.15, 0.2) is 77.2 Å². The van der Waals surface area contributed by atoms with E-state index in [1.807, 2.05) is 80.6 Å². The Hall–Kier alpha value is -3.94. The van der Waals surface area contributed by atoms with Gasteiger partial charge in [-0.3, -0.25) is 10.1 Å². The van der Waals surface area contributed by atoms with Gasteiger partial charge in [-0.05, 0) is 73.4 Å². The van der Waals surface area contributed by atoms with Crippen molar-refractivity contribution in [3.8, 4) is 17.2 Å². The zero-order valence-corrected chi connectivity index (χ0v) is 21.2. The van der Waals surface area contributed by atoms with Crippen LogP contribution in [0.5, 0.6) is 5.75 Å². The van der Waals surface area contributed by atoms with Crippen molar-refractivity contribution >= 4 is 62.4 Å². The molecule has 0 aliphatic carbocycles. The molecule has 36 heavy (non-hydrogen) atoms. The lowest BCUT2D eigenvalue weighted by Gasteiger charge is -2.11. The van der Waals surface area contributed by atoms with E-state index in [2.05, 4.69) is 15.6 Å². The number of thiocarbonyl (C=S) groups is 1. The maximum absolute atomic E-state index is 12.3. The molecule has 4 aromatic carbocycles. The fourth-order valence-electron chi connectivity index (χ4n) is 4.01. The van der Waals surface area contributed by atoms with E-state index in [1.54, 1.807) is 6.07 Å². The first-order valence-electron chi connectivity index (χ1n) is 11.3. The van der Waals surface area contributed by atoms with Crippen LogP contribution in [-0.2, 0) is 4.79 Å². The number of amides is 1. The van der Waals surface area contributed by atoms with E-state index in [0.29, 0.717) is 33.4 Å². The van der Waals surface area contributed by atoms with Crippen molar-refractivity contribution in [2.75, 3.05) is 11.9 Å². The van der Waals surface area contributed by atoms with Gasteiger partial charge in [-0.1, -0.05) is 53.6 Å². The van der Waals surface area contributed by atoms with Crippen molar-refractivity contribution in [3.05, 3.63) is 88.9 Å². The smallest absolute Gasteiger partial charge is 0.264 e. The van der Waals surface area contributed by atoms with Gasteiger partial charge < -0.3 is 14.5 Å². The summed E-state index contributed by atoms with van der Waals surface area (Å²) in [5.41, 5.74) is 4.91. The molecule has 1 aromatic heterocycles. The number of nitrogens with one attached hydrogen (secondary N) is 2. The number of ether oxygens (including phenoxy) is 1. The number of benzene rings is 4. The Morgan fingerprint density at radius 3 is 2.67 bits per heavy atom. The van der Waals surface area contributed by atoms with E-state index in [4.69, 9.17) is 33.0 Å². The number of nitrogens with zero attached hydrogens (tertiary/aromatic N) is 1. The summed E-state index contributed by atoms with van der Waals surface area (Å²) < 4.78 is 11.6. The second kappa shape index (κ2) is 9.97. The predicted molar refractivity (Wildman–Crippen MR) is 148 cm³/mol. The molecule has 0 bridgehead atoms. The molecular weight excluding hydrogens is 494 g/mol. The molecule has 0 aliphatic heterocycles. The summed E-state index contributed by atoms with van der Waals surface area (Å²) in [5.74, 6) is 0.803. The zero-order chi connectivity index (χ0) is 25.2.